The number of carbonyl (C=O) groups is 2. The fourth-order valence-electron chi connectivity index (χ4n) is 1.34. The van der Waals surface area contributed by atoms with Gasteiger partial charge in [0.1, 0.15) is 0 Å². The summed E-state index contributed by atoms with van der Waals surface area (Å²) < 4.78 is 4.63. The van der Waals surface area contributed by atoms with Crippen LogP contribution in [0.25, 0.3) is 6.08 Å². The number of nitrogens with one attached hydrogen (secondary N) is 1. The van der Waals surface area contributed by atoms with Gasteiger partial charge in [-0.3, -0.25) is 4.79 Å². The number of amides is 1. The van der Waals surface area contributed by atoms with E-state index in [1.165, 1.54) is 14.0 Å². The lowest BCUT2D eigenvalue weighted by Gasteiger charge is -2.11. The second-order valence-corrected chi connectivity index (χ2v) is 3.15. The molecule has 0 spiro atoms. The first-order chi connectivity index (χ1) is 7.60. The summed E-state index contributed by atoms with van der Waals surface area (Å²) in [6, 6.07) is 5.05. The Kier molecular flexibility index (Phi) is 3.83. The first-order valence-electron chi connectivity index (χ1n) is 4.71. The highest BCUT2D eigenvalue weighted by Gasteiger charge is 2.14. The van der Waals surface area contributed by atoms with Gasteiger partial charge in [0.05, 0.1) is 18.4 Å². The molecule has 1 aromatic rings. The van der Waals surface area contributed by atoms with Gasteiger partial charge in [-0.15, -0.1) is 0 Å². The van der Waals surface area contributed by atoms with E-state index < -0.39 is 5.97 Å². The topological polar surface area (TPSA) is 55.4 Å². The Labute approximate surface area is 93.9 Å². The highest BCUT2D eigenvalue weighted by Crippen LogP contribution is 2.23. The van der Waals surface area contributed by atoms with E-state index in [9.17, 15) is 9.59 Å². The molecule has 1 aromatic carbocycles. The number of para-hydroxylation sites is 1. The normalized spacial score (nSPS) is 9.38. The van der Waals surface area contributed by atoms with Crippen molar-refractivity contribution in [1.82, 2.24) is 0 Å². The number of ether oxygens (including phenoxy) is 1. The minimum atomic E-state index is -0.493. The molecule has 0 radical (unpaired) electrons. The minimum absolute atomic E-state index is 0.251. The van der Waals surface area contributed by atoms with E-state index in [0.717, 1.165) is 0 Å². The second-order valence-electron chi connectivity index (χ2n) is 3.15. The zero-order valence-electron chi connectivity index (χ0n) is 9.24. The van der Waals surface area contributed by atoms with E-state index >= 15 is 0 Å². The van der Waals surface area contributed by atoms with Crippen LogP contribution in [0, 0.1) is 0 Å². The van der Waals surface area contributed by atoms with Gasteiger partial charge in [-0.05, 0) is 11.6 Å². The largest absolute Gasteiger partial charge is 0.465 e. The van der Waals surface area contributed by atoms with Gasteiger partial charge in [0.15, 0.2) is 0 Å². The lowest BCUT2D eigenvalue weighted by Crippen LogP contribution is -2.13. The molecule has 0 aliphatic heterocycles. The molecule has 1 N–H and O–H groups in total. The third-order valence-corrected chi connectivity index (χ3v) is 2.02. The number of hydrogen-bond acceptors (Lipinski definition) is 3. The molecular weight excluding hydrogens is 206 g/mol. The summed E-state index contributed by atoms with van der Waals surface area (Å²) in [6.45, 7) is 5.00. The zero-order valence-corrected chi connectivity index (χ0v) is 9.24. The lowest BCUT2D eigenvalue weighted by atomic mass is 10.1. The molecule has 0 fully saturated rings. The molecule has 4 heteroatoms. The first-order valence-corrected chi connectivity index (χ1v) is 4.71. The van der Waals surface area contributed by atoms with Crippen molar-refractivity contribution in [3.05, 3.63) is 35.9 Å². The average Bonchev–Trinajstić information content (AvgIpc) is 2.27. The number of hydrogen-bond donors (Lipinski definition) is 1. The van der Waals surface area contributed by atoms with Crippen LogP contribution in [-0.2, 0) is 9.53 Å². The van der Waals surface area contributed by atoms with Gasteiger partial charge in [-0.2, -0.15) is 0 Å². The maximum absolute atomic E-state index is 11.5. The van der Waals surface area contributed by atoms with E-state index in [2.05, 4.69) is 16.6 Å². The summed E-state index contributed by atoms with van der Waals surface area (Å²) in [5.41, 5.74) is 1.42. The molecular formula is C12H13NO3. The van der Waals surface area contributed by atoms with E-state index in [0.29, 0.717) is 16.8 Å². The van der Waals surface area contributed by atoms with Crippen molar-refractivity contribution in [3.63, 3.8) is 0 Å². The SMILES string of the molecule is C=Cc1cccc(C(=O)OC)c1NC(C)=O. The molecule has 4 nitrogen and oxygen atoms in total. The fraction of sp³-hybridized carbons (Fsp3) is 0.167. The van der Waals surface area contributed by atoms with Crippen molar-refractivity contribution >= 4 is 23.6 Å². The van der Waals surface area contributed by atoms with Crippen LogP contribution in [0.1, 0.15) is 22.8 Å². The lowest BCUT2D eigenvalue weighted by molar-refractivity contribution is -0.114. The fourth-order valence-corrected chi connectivity index (χ4v) is 1.34. The van der Waals surface area contributed by atoms with Gasteiger partial charge in [-0.1, -0.05) is 24.8 Å². The number of methoxy groups -OCH3 is 1. The number of rotatable bonds is 3. The molecule has 0 heterocycles. The molecule has 0 aromatic heterocycles. The minimum Gasteiger partial charge on any atom is -0.465 e. The number of esters is 1. The number of benzene rings is 1. The van der Waals surface area contributed by atoms with Crippen LogP contribution in [0.15, 0.2) is 24.8 Å². The highest BCUT2D eigenvalue weighted by atomic mass is 16.5. The van der Waals surface area contributed by atoms with Crippen LogP contribution in [0.4, 0.5) is 5.69 Å². The van der Waals surface area contributed by atoms with Gasteiger partial charge in [0, 0.05) is 6.92 Å². The van der Waals surface area contributed by atoms with E-state index in [-0.39, 0.29) is 5.91 Å². The molecule has 0 bridgehead atoms. The average molecular weight is 219 g/mol. The molecule has 0 saturated carbocycles. The van der Waals surface area contributed by atoms with Crippen molar-refractivity contribution in [1.29, 1.82) is 0 Å². The number of anilines is 1. The molecule has 0 unspecified atom stereocenters. The Bertz CT molecular complexity index is 438. The first kappa shape index (κ1) is 12.0. The number of carbonyl (C=O) groups excluding carboxylic acids is 2. The predicted molar refractivity (Wildman–Crippen MR) is 62.2 cm³/mol. The van der Waals surface area contributed by atoms with Crippen molar-refractivity contribution in [2.45, 2.75) is 6.92 Å². The van der Waals surface area contributed by atoms with Gasteiger partial charge >= 0.3 is 5.97 Å². The summed E-state index contributed by atoms with van der Waals surface area (Å²) in [6.07, 6.45) is 1.57. The van der Waals surface area contributed by atoms with Crippen LogP contribution >= 0.6 is 0 Å². The smallest absolute Gasteiger partial charge is 0.339 e. The third kappa shape index (κ3) is 2.48. The van der Waals surface area contributed by atoms with E-state index in [1.54, 1.807) is 24.3 Å². The summed E-state index contributed by atoms with van der Waals surface area (Å²) in [7, 11) is 1.29. The molecule has 0 aliphatic carbocycles. The molecule has 84 valence electrons. The summed E-state index contributed by atoms with van der Waals surface area (Å²) >= 11 is 0. The molecule has 1 amide bonds. The molecule has 0 saturated heterocycles. The van der Waals surface area contributed by atoms with Gasteiger partial charge in [0.25, 0.3) is 0 Å². The summed E-state index contributed by atoms with van der Waals surface area (Å²) in [5.74, 6) is -0.744. The highest BCUT2D eigenvalue weighted by molar-refractivity contribution is 6.02. The van der Waals surface area contributed by atoms with Crippen LogP contribution in [0.3, 0.4) is 0 Å². The monoisotopic (exact) mass is 219 g/mol. The van der Waals surface area contributed by atoms with Gasteiger partial charge in [-0.25, -0.2) is 4.79 Å². The van der Waals surface area contributed by atoms with Crippen molar-refractivity contribution in [3.8, 4) is 0 Å². The molecule has 1 rings (SSSR count). The van der Waals surface area contributed by atoms with Crippen LogP contribution in [0.2, 0.25) is 0 Å². The maximum Gasteiger partial charge on any atom is 0.339 e. The molecule has 0 atom stereocenters. The van der Waals surface area contributed by atoms with Crippen molar-refractivity contribution in [2.24, 2.45) is 0 Å². The van der Waals surface area contributed by atoms with Crippen LogP contribution in [-0.4, -0.2) is 19.0 Å². The third-order valence-electron chi connectivity index (χ3n) is 2.02. The Morgan fingerprint density at radius 3 is 2.62 bits per heavy atom. The second kappa shape index (κ2) is 5.11. The molecule has 16 heavy (non-hydrogen) atoms. The van der Waals surface area contributed by atoms with Gasteiger partial charge in [0.2, 0.25) is 5.91 Å². The molecule has 0 aliphatic rings. The van der Waals surface area contributed by atoms with Crippen molar-refractivity contribution in [2.75, 3.05) is 12.4 Å². The van der Waals surface area contributed by atoms with Crippen molar-refractivity contribution < 1.29 is 14.3 Å². The Morgan fingerprint density at radius 1 is 1.44 bits per heavy atom. The summed E-state index contributed by atoms with van der Waals surface area (Å²) in [5, 5.41) is 2.60. The Morgan fingerprint density at radius 2 is 2.12 bits per heavy atom. The van der Waals surface area contributed by atoms with Crippen LogP contribution < -0.4 is 5.32 Å². The van der Waals surface area contributed by atoms with Gasteiger partial charge < -0.3 is 10.1 Å². The quantitative estimate of drug-likeness (QED) is 0.792. The Balaban J connectivity index is 3.30. The predicted octanol–water partition coefficient (Wildman–Crippen LogP) is 2.07. The maximum atomic E-state index is 11.5. The Hall–Kier alpha value is -2.10. The van der Waals surface area contributed by atoms with Crippen LogP contribution in [0.5, 0.6) is 0 Å². The van der Waals surface area contributed by atoms with E-state index in [4.69, 9.17) is 0 Å². The summed E-state index contributed by atoms with van der Waals surface area (Å²) in [4.78, 5) is 22.5. The van der Waals surface area contributed by atoms with E-state index in [1.807, 2.05) is 0 Å². The standard InChI is InChI=1S/C12H13NO3/c1-4-9-6-5-7-10(12(15)16-3)11(9)13-8(2)14/h4-7H,1H2,2-3H3,(H,13,14). The zero-order chi connectivity index (χ0) is 12.1.